The van der Waals surface area contributed by atoms with Crippen LogP contribution >= 0.6 is 0 Å². The maximum atomic E-state index is 15.0. The summed E-state index contributed by atoms with van der Waals surface area (Å²) in [7, 11) is 0. The van der Waals surface area contributed by atoms with Gasteiger partial charge in [0.1, 0.15) is 0 Å². The van der Waals surface area contributed by atoms with E-state index in [2.05, 4.69) is 35.9 Å². The molecule has 0 unspecified atom stereocenters. The molecule has 4 rings (SSSR count). The SMILES string of the molecule is CCCC1CCC(c2ccc(C3CCC(C(F)(F)Cc4ccc(OC(F)(F)F)c(F)c4)CC3)cc2)CC1. The van der Waals surface area contributed by atoms with E-state index in [1.807, 2.05) is 0 Å². The standard InChI is InChI=1S/C30H36F6O/c1-2-3-20-4-7-22(8-5-20)23-9-11-24(12-10-23)25-13-15-26(16-14-25)29(32,33)19-21-6-17-28(27(31)18-21)37-30(34,35)36/h6,9-12,17-18,20,22,25-26H,2-5,7-8,13-16,19H2,1H3. The molecule has 0 amide bonds. The molecule has 0 heterocycles. The molecular weight excluding hydrogens is 490 g/mol. The van der Waals surface area contributed by atoms with E-state index in [9.17, 15) is 17.6 Å². The molecular formula is C30H36F6O. The van der Waals surface area contributed by atoms with Crippen LogP contribution in [0.3, 0.4) is 0 Å². The van der Waals surface area contributed by atoms with Crippen molar-refractivity contribution in [3.05, 3.63) is 65.0 Å². The van der Waals surface area contributed by atoms with Crippen molar-refractivity contribution >= 4 is 0 Å². The molecule has 0 aromatic heterocycles. The lowest BCUT2D eigenvalue weighted by molar-refractivity contribution is -0.275. The summed E-state index contributed by atoms with van der Waals surface area (Å²) in [5.74, 6) is -4.48. The largest absolute Gasteiger partial charge is 0.573 e. The summed E-state index contributed by atoms with van der Waals surface area (Å²) in [5, 5.41) is 0. The van der Waals surface area contributed by atoms with Crippen LogP contribution in [0.15, 0.2) is 42.5 Å². The quantitative estimate of drug-likeness (QED) is 0.311. The Morgan fingerprint density at radius 3 is 1.78 bits per heavy atom. The van der Waals surface area contributed by atoms with Crippen molar-refractivity contribution in [2.45, 2.75) is 102 Å². The molecule has 2 aliphatic rings. The van der Waals surface area contributed by atoms with Crippen LogP contribution in [0.25, 0.3) is 0 Å². The van der Waals surface area contributed by atoms with E-state index in [0.29, 0.717) is 37.7 Å². The second-order valence-corrected chi connectivity index (χ2v) is 11.0. The lowest BCUT2D eigenvalue weighted by Gasteiger charge is -2.34. The first-order valence-electron chi connectivity index (χ1n) is 13.6. The van der Waals surface area contributed by atoms with Gasteiger partial charge in [-0.25, -0.2) is 13.2 Å². The summed E-state index contributed by atoms with van der Waals surface area (Å²) in [4.78, 5) is 0. The molecule has 0 saturated heterocycles. The van der Waals surface area contributed by atoms with Crippen LogP contribution in [0, 0.1) is 17.7 Å². The van der Waals surface area contributed by atoms with Gasteiger partial charge in [0, 0.05) is 12.3 Å². The number of alkyl halides is 5. The van der Waals surface area contributed by atoms with E-state index in [-0.39, 0.29) is 11.5 Å². The van der Waals surface area contributed by atoms with Gasteiger partial charge < -0.3 is 4.74 Å². The Balaban J connectivity index is 1.29. The molecule has 2 saturated carbocycles. The molecule has 0 radical (unpaired) electrons. The Bertz CT molecular complexity index is 1000. The number of halogens is 6. The maximum absolute atomic E-state index is 15.0. The zero-order chi connectivity index (χ0) is 26.6. The van der Waals surface area contributed by atoms with Gasteiger partial charge in [0.2, 0.25) is 0 Å². The molecule has 0 aliphatic heterocycles. The van der Waals surface area contributed by atoms with E-state index in [1.165, 1.54) is 49.7 Å². The summed E-state index contributed by atoms with van der Waals surface area (Å²) in [6.45, 7) is 2.25. The summed E-state index contributed by atoms with van der Waals surface area (Å²) < 4.78 is 84.6. The summed E-state index contributed by atoms with van der Waals surface area (Å²) >= 11 is 0. The molecule has 0 atom stereocenters. The number of rotatable bonds is 8. The van der Waals surface area contributed by atoms with Crippen LogP contribution in [0.5, 0.6) is 5.75 Å². The van der Waals surface area contributed by atoms with Crippen molar-refractivity contribution in [1.82, 2.24) is 0 Å². The predicted molar refractivity (Wildman–Crippen MR) is 132 cm³/mol. The van der Waals surface area contributed by atoms with Crippen LogP contribution < -0.4 is 4.74 Å². The highest BCUT2D eigenvalue weighted by Gasteiger charge is 2.42. The molecule has 37 heavy (non-hydrogen) atoms. The molecule has 2 fully saturated rings. The van der Waals surface area contributed by atoms with E-state index < -0.39 is 36.2 Å². The highest BCUT2D eigenvalue weighted by Crippen LogP contribution is 2.44. The topological polar surface area (TPSA) is 9.23 Å². The zero-order valence-electron chi connectivity index (χ0n) is 21.3. The predicted octanol–water partition coefficient (Wildman–Crippen LogP) is 9.95. The van der Waals surface area contributed by atoms with Crippen LogP contribution in [-0.2, 0) is 6.42 Å². The molecule has 2 aromatic carbocycles. The fraction of sp³-hybridized carbons (Fsp3) is 0.600. The van der Waals surface area contributed by atoms with E-state index in [1.54, 1.807) is 0 Å². The Kier molecular flexibility index (Phi) is 8.80. The summed E-state index contributed by atoms with van der Waals surface area (Å²) in [6.07, 6.45) is 3.96. The first kappa shape index (κ1) is 27.8. The Morgan fingerprint density at radius 1 is 0.757 bits per heavy atom. The van der Waals surface area contributed by atoms with Crippen LogP contribution in [0.1, 0.15) is 99.7 Å². The first-order valence-corrected chi connectivity index (χ1v) is 13.6. The van der Waals surface area contributed by atoms with Crippen molar-refractivity contribution in [3.8, 4) is 5.75 Å². The molecule has 1 nitrogen and oxygen atoms in total. The highest BCUT2D eigenvalue weighted by molar-refractivity contribution is 5.31. The van der Waals surface area contributed by atoms with Crippen molar-refractivity contribution < 1.29 is 31.1 Å². The highest BCUT2D eigenvalue weighted by atomic mass is 19.4. The summed E-state index contributed by atoms with van der Waals surface area (Å²) in [6, 6.07) is 11.3. The normalized spacial score (nSPS) is 25.2. The van der Waals surface area contributed by atoms with Crippen molar-refractivity contribution in [2.75, 3.05) is 0 Å². The molecule has 0 N–H and O–H groups in total. The minimum atomic E-state index is -5.04. The first-order chi connectivity index (χ1) is 17.5. The van der Waals surface area contributed by atoms with E-state index in [0.717, 1.165) is 18.1 Å². The van der Waals surface area contributed by atoms with Gasteiger partial charge in [-0.1, -0.05) is 50.1 Å². The zero-order valence-corrected chi connectivity index (χ0v) is 21.3. The third-order valence-corrected chi connectivity index (χ3v) is 8.41. The Labute approximate surface area is 215 Å². The third-order valence-electron chi connectivity index (χ3n) is 8.41. The van der Waals surface area contributed by atoms with Crippen LogP contribution in [0.2, 0.25) is 0 Å². The second-order valence-electron chi connectivity index (χ2n) is 11.0. The average Bonchev–Trinajstić information content (AvgIpc) is 2.86. The van der Waals surface area contributed by atoms with Gasteiger partial charge in [-0.3, -0.25) is 0 Å². The van der Waals surface area contributed by atoms with Crippen molar-refractivity contribution in [1.29, 1.82) is 0 Å². The maximum Gasteiger partial charge on any atom is 0.573 e. The van der Waals surface area contributed by atoms with Gasteiger partial charge in [-0.05, 0) is 97.9 Å². The average molecular weight is 527 g/mol. The van der Waals surface area contributed by atoms with Gasteiger partial charge >= 0.3 is 6.36 Å². The van der Waals surface area contributed by atoms with Gasteiger partial charge in [0.25, 0.3) is 5.92 Å². The van der Waals surface area contributed by atoms with E-state index in [4.69, 9.17) is 0 Å². The Hall–Kier alpha value is -2.18. The number of benzene rings is 2. The monoisotopic (exact) mass is 526 g/mol. The molecule has 0 bridgehead atoms. The minimum Gasteiger partial charge on any atom is -0.403 e. The van der Waals surface area contributed by atoms with Gasteiger partial charge in [-0.2, -0.15) is 0 Å². The van der Waals surface area contributed by atoms with Gasteiger partial charge in [-0.15, -0.1) is 13.2 Å². The number of hydrogen-bond acceptors (Lipinski definition) is 1. The lowest BCUT2D eigenvalue weighted by atomic mass is 9.74. The lowest BCUT2D eigenvalue weighted by Crippen LogP contribution is -2.33. The minimum absolute atomic E-state index is 0.0431. The van der Waals surface area contributed by atoms with Gasteiger partial charge in [0.15, 0.2) is 11.6 Å². The van der Waals surface area contributed by atoms with Crippen molar-refractivity contribution in [3.63, 3.8) is 0 Å². The Morgan fingerprint density at radius 2 is 1.30 bits per heavy atom. The van der Waals surface area contributed by atoms with Gasteiger partial charge in [0.05, 0.1) is 0 Å². The van der Waals surface area contributed by atoms with Crippen molar-refractivity contribution in [2.24, 2.45) is 11.8 Å². The smallest absolute Gasteiger partial charge is 0.403 e. The fourth-order valence-corrected chi connectivity index (χ4v) is 6.36. The molecule has 204 valence electrons. The second kappa shape index (κ2) is 11.7. The molecule has 2 aliphatic carbocycles. The number of hydrogen-bond donors (Lipinski definition) is 0. The van der Waals surface area contributed by atoms with Crippen LogP contribution in [0.4, 0.5) is 26.3 Å². The molecule has 2 aromatic rings. The van der Waals surface area contributed by atoms with Crippen LogP contribution in [-0.4, -0.2) is 12.3 Å². The number of ether oxygens (including phenoxy) is 1. The molecule has 7 heteroatoms. The summed E-state index contributed by atoms with van der Waals surface area (Å²) in [5.41, 5.74) is 2.55. The fourth-order valence-electron chi connectivity index (χ4n) is 6.36. The third kappa shape index (κ3) is 7.44. The molecule has 0 spiro atoms. The van der Waals surface area contributed by atoms with E-state index >= 15 is 8.78 Å².